The highest BCUT2D eigenvalue weighted by atomic mass is 16.5. The van der Waals surface area contributed by atoms with Gasteiger partial charge in [-0.3, -0.25) is 0 Å². The molecule has 0 N–H and O–H groups in total. The molecule has 2 rings (SSSR count). The van der Waals surface area contributed by atoms with Crippen LogP contribution in [0, 0.1) is 6.92 Å². The van der Waals surface area contributed by atoms with Crippen molar-refractivity contribution in [2.24, 2.45) is 0 Å². The monoisotopic (exact) mass is 321 g/mol. The van der Waals surface area contributed by atoms with E-state index in [2.05, 4.69) is 5.16 Å². The largest absolute Gasteiger partial charge is 0.491 e. The first-order valence-electron chi connectivity index (χ1n) is 8.10. The van der Waals surface area contributed by atoms with Crippen LogP contribution >= 0.6 is 0 Å². The Bertz CT molecular complexity index is 499. The molecule has 0 unspecified atom stereocenters. The van der Waals surface area contributed by atoms with Crippen LogP contribution in [0.3, 0.4) is 0 Å². The van der Waals surface area contributed by atoms with Crippen molar-refractivity contribution in [3.63, 3.8) is 0 Å². The minimum atomic E-state index is 0.544. The lowest BCUT2D eigenvalue weighted by Crippen LogP contribution is -2.11. The van der Waals surface area contributed by atoms with Crippen molar-refractivity contribution in [1.82, 2.24) is 5.16 Å². The molecule has 0 saturated heterocycles. The minimum absolute atomic E-state index is 0.544. The van der Waals surface area contributed by atoms with Crippen LogP contribution in [-0.4, -0.2) is 38.2 Å². The topological polar surface area (TPSA) is 53.7 Å². The molecular formula is C18H27NO4. The van der Waals surface area contributed by atoms with Gasteiger partial charge in [-0.05, 0) is 19.1 Å². The molecule has 0 aliphatic rings. The van der Waals surface area contributed by atoms with Gasteiger partial charge < -0.3 is 18.7 Å². The maximum absolute atomic E-state index is 5.51. The van der Waals surface area contributed by atoms with E-state index in [1.54, 1.807) is 0 Å². The van der Waals surface area contributed by atoms with Gasteiger partial charge in [0.2, 0.25) is 0 Å². The van der Waals surface area contributed by atoms with Crippen LogP contribution in [0.1, 0.15) is 25.3 Å². The summed E-state index contributed by atoms with van der Waals surface area (Å²) in [5.41, 5.74) is 0.921. The number of benzene rings is 1. The highest BCUT2D eigenvalue weighted by Crippen LogP contribution is 2.07. The van der Waals surface area contributed by atoms with Gasteiger partial charge in [-0.1, -0.05) is 37.2 Å². The van der Waals surface area contributed by atoms with Gasteiger partial charge >= 0.3 is 0 Å². The Morgan fingerprint density at radius 2 is 1.57 bits per heavy atom. The summed E-state index contributed by atoms with van der Waals surface area (Å²) < 4.78 is 21.4. The highest BCUT2D eigenvalue weighted by molar-refractivity contribution is 5.20. The standard InChI is InChI=1S/C16H21NO4.C2H6/c1-14-13-15(17-21-14)7-8-18-9-10-19-11-12-20-16-5-3-2-4-6-16;1-2/h2-6,13H,7-12H2,1H3;1-2H3. The predicted octanol–water partition coefficient (Wildman–Crippen LogP) is 3.66. The summed E-state index contributed by atoms with van der Waals surface area (Å²) in [6, 6.07) is 11.6. The van der Waals surface area contributed by atoms with Crippen LogP contribution in [0.2, 0.25) is 0 Å². The van der Waals surface area contributed by atoms with E-state index in [0.717, 1.165) is 23.6 Å². The van der Waals surface area contributed by atoms with E-state index in [-0.39, 0.29) is 0 Å². The fourth-order valence-corrected chi connectivity index (χ4v) is 1.77. The Morgan fingerprint density at radius 1 is 0.913 bits per heavy atom. The molecule has 0 fully saturated rings. The molecule has 5 heteroatoms. The van der Waals surface area contributed by atoms with E-state index in [0.29, 0.717) is 33.0 Å². The van der Waals surface area contributed by atoms with E-state index in [1.165, 1.54) is 0 Å². The number of aryl methyl sites for hydroxylation is 1. The number of rotatable bonds is 10. The van der Waals surface area contributed by atoms with Crippen LogP contribution in [0.5, 0.6) is 5.75 Å². The van der Waals surface area contributed by atoms with Gasteiger partial charge in [-0.2, -0.15) is 0 Å². The molecule has 0 atom stereocenters. The quantitative estimate of drug-likeness (QED) is 0.625. The number of hydrogen-bond acceptors (Lipinski definition) is 5. The molecule has 0 spiro atoms. The van der Waals surface area contributed by atoms with Crippen LogP contribution < -0.4 is 4.74 Å². The van der Waals surface area contributed by atoms with Gasteiger partial charge in [0, 0.05) is 12.5 Å². The average molecular weight is 321 g/mol. The summed E-state index contributed by atoms with van der Waals surface area (Å²) in [6.45, 7) is 8.74. The third-order valence-corrected chi connectivity index (χ3v) is 2.79. The van der Waals surface area contributed by atoms with Gasteiger partial charge in [-0.15, -0.1) is 0 Å². The lowest BCUT2D eigenvalue weighted by molar-refractivity contribution is 0.0370. The molecule has 0 aliphatic heterocycles. The SMILES string of the molecule is CC.Cc1cc(CCOCCOCCOc2ccccc2)no1. The Kier molecular flexibility index (Phi) is 10.6. The molecule has 2 aromatic rings. The fourth-order valence-electron chi connectivity index (χ4n) is 1.77. The fraction of sp³-hybridized carbons (Fsp3) is 0.500. The van der Waals surface area contributed by atoms with Gasteiger partial charge in [0.05, 0.1) is 32.1 Å². The zero-order valence-corrected chi connectivity index (χ0v) is 14.3. The molecule has 0 radical (unpaired) electrons. The third kappa shape index (κ3) is 9.01. The van der Waals surface area contributed by atoms with Crippen molar-refractivity contribution >= 4 is 0 Å². The summed E-state index contributed by atoms with van der Waals surface area (Å²) in [6.07, 6.45) is 0.758. The van der Waals surface area contributed by atoms with Crippen molar-refractivity contribution < 1.29 is 18.7 Å². The molecule has 0 aliphatic carbocycles. The van der Waals surface area contributed by atoms with Crippen LogP contribution in [-0.2, 0) is 15.9 Å². The second-order valence-corrected chi connectivity index (χ2v) is 4.57. The second kappa shape index (κ2) is 12.7. The normalized spacial score (nSPS) is 10.0. The number of hydrogen-bond donors (Lipinski definition) is 0. The Labute approximate surface area is 138 Å². The van der Waals surface area contributed by atoms with E-state index in [4.69, 9.17) is 18.7 Å². The molecule has 0 bridgehead atoms. The summed E-state index contributed by atoms with van der Waals surface area (Å²) in [5, 5.41) is 3.90. The average Bonchev–Trinajstić information content (AvgIpc) is 3.01. The molecule has 0 amide bonds. The Hall–Kier alpha value is -1.85. The molecule has 1 heterocycles. The maximum Gasteiger partial charge on any atom is 0.133 e. The van der Waals surface area contributed by atoms with Gasteiger partial charge in [-0.25, -0.2) is 0 Å². The van der Waals surface area contributed by atoms with Crippen molar-refractivity contribution in [2.45, 2.75) is 27.2 Å². The lowest BCUT2D eigenvalue weighted by Gasteiger charge is -2.07. The smallest absolute Gasteiger partial charge is 0.133 e. The van der Waals surface area contributed by atoms with E-state index >= 15 is 0 Å². The van der Waals surface area contributed by atoms with Crippen molar-refractivity contribution in [1.29, 1.82) is 0 Å². The number of nitrogens with zero attached hydrogens (tertiary/aromatic N) is 1. The first kappa shape index (κ1) is 19.2. The highest BCUT2D eigenvalue weighted by Gasteiger charge is 1.99. The zero-order valence-electron chi connectivity index (χ0n) is 14.3. The first-order chi connectivity index (χ1) is 11.3. The van der Waals surface area contributed by atoms with Crippen molar-refractivity contribution in [3.8, 4) is 5.75 Å². The summed E-state index contributed by atoms with van der Waals surface area (Å²) >= 11 is 0. The van der Waals surface area contributed by atoms with Crippen molar-refractivity contribution in [3.05, 3.63) is 47.9 Å². The number of ether oxygens (including phenoxy) is 3. The Morgan fingerprint density at radius 3 is 2.22 bits per heavy atom. The van der Waals surface area contributed by atoms with Crippen LogP contribution in [0.25, 0.3) is 0 Å². The lowest BCUT2D eigenvalue weighted by atomic mass is 10.3. The van der Waals surface area contributed by atoms with E-state index < -0.39 is 0 Å². The molecule has 23 heavy (non-hydrogen) atoms. The van der Waals surface area contributed by atoms with E-state index in [9.17, 15) is 0 Å². The van der Waals surface area contributed by atoms with Crippen LogP contribution in [0.4, 0.5) is 0 Å². The molecular weight excluding hydrogens is 294 g/mol. The van der Waals surface area contributed by atoms with Gasteiger partial charge in [0.15, 0.2) is 0 Å². The first-order valence-corrected chi connectivity index (χ1v) is 8.10. The molecule has 5 nitrogen and oxygen atoms in total. The predicted molar refractivity (Wildman–Crippen MR) is 89.9 cm³/mol. The summed E-state index contributed by atoms with van der Waals surface area (Å²) in [4.78, 5) is 0. The molecule has 0 saturated carbocycles. The minimum Gasteiger partial charge on any atom is -0.491 e. The Balaban J connectivity index is 0.00000127. The number of aromatic nitrogens is 1. The summed E-state index contributed by atoms with van der Waals surface area (Å²) in [7, 11) is 0. The van der Waals surface area contributed by atoms with Gasteiger partial charge in [0.25, 0.3) is 0 Å². The number of para-hydroxylation sites is 1. The van der Waals surface area contributed by atoms with Crippen LogP contribution in [0.15, 0.2) is 40.9 Å². The zero-order chi connectivity index (χ0) is 16.8. The molecule has 1 aromatic carbocycles. The van der Waals surface area contributed by atoms with E-state index in [1.807, 2.05) is 57.2 Å². The third-order valence-electron chi connectivity index (χ3n) is 2.79. The van der Waals surface area contributed by atoms with Gasteiger partial charge in [0.1, 0.15) is 18.1 Å². The molecule has 1 aromatic heterocycles. The molecule has 128 valence electrons. The van der Waals surface area contributed by atoms with Crippen molar-refractivity contribution in [2.75, 3.05) is 33.0 Å². The second-order valence-electron chi connectivity index (χ2n) is 4.57. The summed E-state index contributed by atoms with van der Waals surface area (Å²) in [5.74, 6) is 1.69. The maximum atomic E-state index is 5.51.